The summed E-state index contributed by atoms with van der Waals surface area (Å²) in [5.41, 5.74) is 8.25. The molecule has 6 heteroatoms. The Labute approximate surface area is 116 Å². The zero-order valence-corrected chi connectivity index (χ0v) is 11.5. The maximum atomic E-state index is 6.05. The first-order chi connectivity index (χ1) is 9.34. The molecule has 100 valence electrons. The minimum Gasteiger partial charge on any atom is -0.370 e. The molecule has 1 aliphatic heterocycles. The topological polar surface area (TPSA) is 58.9 Å². The van der Waals surface area contributed by atoms with Crippen LogP contribution in [0, 0.1) is 0 Å². The predicted molar refractivity (Wildman–Crippen MR) is 79.4 cm³/mol. The van der Waals surface area contributed by atoms with Crippen LogP contribution >= 0.6 is 11.8 Å². The van der Waals surface area contributed by atoms with E-state index >= 15 is 0 Å². The van der Waals surface area contributed by atoms with Crippen LogP contribution in [0.3, 0.4) is 0 Å². The molecule has 3 rings (SSSR count). The molecule has 0 atom stereocenters. The lowest BCUT2D eigenvalue weighted by molar-refractivity contribution is 0.455. The lowest BCUT2D eigenvalue weighted by Crippen LogP contribution is -2.42. The second-order valence-corrected chi connectivity index (χ2v) is 5.70. The smallest absolute Gasteiger partial charge is 0.191 e. The van der Waals surface area contributed by atoms with Crippen molar-refractivity contribution in [2.45, 2.75) is 6.54 Å². The van der Waals surface area contributed by atoms with Crippen LogP contribution in [0.4, 0.5) is 0 Å². The molecule has 3 heterocycles. The van der Waals surface area contributed by atoms with Gasteiger partial charge >= 0.3 is 0 Å². The van der Waals surface area contributed by atoms with Gasteiger partial charge in [0.25, 0.3) is 0 Å². The molecule has 0 unspecified atom stereocenters. The number of hydrogen-bond donors (Lipinski definition) is 1. The van der Waals surface area contributed by atoms with E-state index in [4.69, 9.17) is 5.73 Å². The number of guanidine groups is 1. The second kappa shape index (κ2) is 5.52. The fraction of sp³-hybridized carbons (Fsp3) is 0.385. The first kappa shape index (κ1) is 12.3. The van der Waals surface area contributed by atoms with E-state index in [1.807, 2.05) is 46.9 Å². The molecule has 0 radical (unpaired) electrons. The molecule has 0 amide bonds. The Morgan fingerprint density at radius 2 is 2.21 bits per heavy atom. The Kier molecular flexibility index (Phi) is 3.59. The van der Waals surface area contributed by atoms with Crippen LogP contribution in [0.5, 0.6) is 0 Å². The second-order valence-electron chi connectivity index (χ2n) is 4.47. The molecule has 0 bridgehead atoms. The van der Waals surface area contributed by atoms with Crippen molar-refractivity contribution in [2.75, 3.05) is 24.6 Å². The third kappa shape index (κ3) is 2.68. The summed E-state index contributed by atoms with van der Waals surface area (Å²) in [5, 5.41) is 4.30. The summed E-state index contributed by atoms with van der Waals surface area (Å²) in [6.45, 7) is 2.58. The molecule has 0 spiro atoms. The van der Waals surface area contributed by atoms with Gasteiger partial charge < -0.3 is 10.6 Å². The fourth-order valence-corrected chi connectivity index (χ4v) is 3.07. The van der Waals surface area contributed by atoms with E-state index in [0.29, 0.717) is 12.5 Å². The van der Waals surface area contributed by atoms with E-state index in [-0.39, 0.29) is 0 Å². The van der Waals surface area contributed by atoms with Gasteiger partial charge in [-0.1, -0.05) is 6.07 Å². The zero-order valence-electron chi connectivity index (χ0n) is 10.7. The molecule has 1 saturated heterocycles. The molecule has 5 nitrogen and oxygen atoms in total. The van der Waals surface area contributed by atoms with Gasteiger partial charge in [0.05, 0.1) is 18.3 Å². The van der Waals surface area contributed by atoms with Gasteiger partial charge in [-0.15, -0.1) is 0 Å². The normalized spacial score (nSPS) is 17.1. The molecule has 0 aliphatic carbocycles. The number of fused-ring (bicyclic) bond motifs is 1. The Balaban J connectivity index is 1.74. The fourth-order valence-electron chi connectivity index (χ4n) is 2.17. The van der Waals surface area contributed by atoms with Crippen molar-refractivity contribution in [1.82, 2.24) is 14.5 Å². The predicted octanol–water partition coefficient (Wildman–Crippen LogP) is 1.20. The highest BCUT2D eigenvalue weighted by Gasteiger charge is 2.12. The maximum Gasteiger partial charge on any atom is 0.191 e. The first-order valence-electron chi connectivity index (χ1n) is 6.38. The summed E-state index contributed by atoms with van der Waals surface area (Å²) in [5.74, 6) is 2.91. The van der Waals surface area contributed by atoms with Crippen LogP contribution in [-0.4, -0.2) is 45.1 Å². The summed E-state index contributed by atoms with van der Waals surface area (Å²) in [6.07, 6.45) is 3.80. The molecular weight excluding hydrogens is 258 g/mol. The van der Waals surface area contributed by atoms with E-state index in [2.05, 4.69) is 15.0 Å². The van der Waals surface area contributed by atoms with E-state index in [1.165, 1.54) is 0 Å². The molecule has 2 aromatic heterocycles. The highest BCUT2D eigenvalue weighted by Crippen LogP contribution is 2.12. The van der Waals surface area contributed by atoms with E-state index in [9.17, 15) is 0 Å². The number of rotatable bonds is 2. The summed E-state index contributed by atoms with van der Waals surface area (Å²) in [4.78, 5) is 6.65. The highest BCUT2D eigenvalue weighted by atomic mass is 32.2. The van der Waals surface area contributed by atoms with E-state index in [1.54, 1.807) is 0 Å². The number of aromatic nitrogens is 2. The van der Waals surface area contributed by atoms with Crippen molar-refractivity contribution in [3.8, 4) is 0 Å². The molecular formula is C13H17N5S. The summed E-state index contributed by atoms with van der Waals surface area (Å²) in [6, 6.07) is 6.02. The third-order valence-electron chi connectivity index (χ3n) is 3.25. The van der Waals surface area contributed by atoms with Gasteiger partial charge in [-0.3, -0.25) is 0 Å². The Morgan fingerprint density at radius 1 is 1.37 bits per heavy atom. The van der Waals surface area contributed by atoms with Gasteiger partial charge in [0, 0.05) is 36.4 Å². The molecule has 1 aliphatic rings. The van der Waals surface area contributed by atoms with Crippen LogP contribution in [0.2, 0.25) is 0 Å². The van der Waals surface area contributed by atoms with Crippen molar-refractivity contribution in [3.63, 3.8) is 0 Å². The number of hydrogen-bond acceptors (Lipinski definition) is 3. The third-order valence-corrected chi connectivity index (χ3v) is 4.20. The van der Waals surface area contributed by atoms with Gasteiger partial charge in [0.2, 0.25) is 0 Å². The largest absolute Gasteiger partial charge is 0.370 e. The molecule has 1 fully saturated rings. The van der Waals surface area contributed by atoms with Crippen LogP contribution in [0.15, 0.2) is 35.6 Å². The van der Waals surface area contributed by atoms with Crippen LogP contribution in [0.25, 0.3) is 5.52 Å². The Hall–Kier alpha value is -1.69. The molecule has 2 N–H and O–H groups in total. The monoisotopic (exact) mass is 275 g/mol. The Bertz CT molecular complexity index is 585. The van der Waals surface area contributed by atoms with Gasteiger partial charge in [0.1, 0.15) is 0 Å². The average Bonchev–Trinajstić information content (AvgIpc) is 2.89. The van der Waals surface area contributed by atoms with Crippen molar-refractivity contribution in [3.05, 3.63) is 36.2 Å². The van der Waals surface area contributed by atoms with E-state index in [0.717, 1.165) is 35.7 Å². The van der Waals surface area contributed by atoms with Crippen LogP contribution < -0.4 is 5.73 Å². The van der Waals surface area contributed by atoms with Gasteiger partial charge in [-0.2, -0.15) is 16.9 Å². The number of aliphatic imine (C=N–C) groups is 1. The minimum atomic E-state index is 0.586. The van der Waals surface area contributed by atoms with Crippen molar-refractivity contribution in [2.24, 2.45) is 10.7 Å². The van der Waals surface area contributed by atoms with Crippen molar-refractivity contribution >= 4 is 23.2 Å². The number of thioether (sulfide) groups is 1. The summed E-state index contributed by atoms with van der Waals surface area (Å²) in [7, 11) is 0. The highest BCUT2D eigenvalue weighted by molar-refractivity contribution is 7.99. The lowest BCUT2D eigenvalue weighted by atomic mass is 10.2. The van der Waals surface area contributed by atoms with Crippen molar-refractivity contribution < 1.29 is 0 Å². The minimum absolute atomic E-state index is 0.586. The number of pyridine rings is 1. The Morgan fingerprint density at radius 3 is 3.05 bits per heavy atom. The zero-order chi connectivity index (χ0) is 13.1. The van der Waals surface area contributed by atoms with Crippen LogP contribution in [-0.2, 0) is 6.54 Å². The van der Waals surface area contributed by atoms with Gasteiger partial charge in [0.15, 0.2) is 5.96 Å². The summed E-state index contributed by atoms with van der Waals surface area (Å²) < 4.78 is 1.86. The molecule has 2 aromatic rings. The van der Waals surface area contributed by atoms with E-state index < -0.39 is 0 Å². The van der Waals surface area contributed by atoms with Gasteiger partial charge in [-0.05, 0) is 12.1 Å². The molecule has 19 heavy (non-hydrogen) atoms. The standard InChI is InChI=1S/C13H17N5S/c14-13(17-5-7-19-8-6-17)15-9-11-10-16-18-4-2-1-3-12(11)18/h1-4,10H,5-9H2,(H2,14,15). The van der Waals surface area contributed by atoms with Gasteiger partial charge in [-0.25, -0.2) is 9.51 Å². The number of nitrogens with two attached hydrogens (primary N) is 1. The van der Waals surface area contributed by atoms with Crippen LogP contribution in [0.1, 0.15) is 5.56 Å². The lowest BCUT2D eigenvalue weighted by Gasteiger charge is -2.27. The molecule has 0 saturated carbocycles. The molecule has 0 aromatic carbocycles. The average molecular weight is 275 g/mol. The quantitative estimate of drug-likeness (QED) is 0.661. The SMILES string of the molecule is NC(=NCc1cnn2ccccc12)N1CCSCC1. The number of nitrogens with zero attached hydrogens (tertiary/aromatic N) is 4. The summed E-state index contributed by atoms with van der Waals surface area (Å²) >= 11 is 1.97. The van der Waals surface area contributed by atoms with Crippen molar-refractivity contribution in [1.29, 1.82) is 0 Å². The maximum absolute atomic E-state index is 6.05. The first-order valence-corrected chi connectivity index (χ1v) is 7.54.